The molecule has 2 amide bonds. The largest absolute Gasteiger partial charge is 0.328 e. The highest BCUT2D eigenvalue weighted by Crippen LogP contribution is 2.15. The minimum absolute atomic E-state index is 0.183. The van der Waals surface area contributed by atoms with Crippen molar-refractivity contribution in [1.29, 1.82) is 0 Å². The van der Waals surface area contributed by atoms with Gasteiger partial charge >= 0.3 is 0 Å². The molecule has 3 N–H and O–H groups in total. The summed E-state index contributed by atoms with van der Waals surface area (Å²) < 4.78 is 0. The Bertz CT molecular complexity index is 857. The van der Waals surface area contributed by atoms with Crippen molar-refractivity contribution in [2.45, 2.75) is 6.92 Å². The van der Waals surface area contributed by atoms with Gasteiger partial charge in [-0.25, -0.2) is 0 Å². The number of amides is 2. The number of hydrogen-bond donors (Lipinski definition) is 3. The SMILES string of the molecule is Cc1ccc(C(=O)Nc2cccc(/C=C3/NC(=S)NC3=O)c2)cc1. The average molecular weight is 337 g/mol. The van der Waals surface area contributed by atoms with Gasteiger partial charge in [0, 0.05) is 11.3 Å². The van der Waals surface area contributed by atoms with E-state index in [1.807, 2.05) is 31.2 Å². The van der Waals surface area contributed by atoms with Crippen LogP contribution in [-0.4, -0.2) is 16.9 Å². The van der Waals surface area contributed by atoms with E-state index in [9.17, 15) is 9.59 Å². The second-order valence-corrected chi connectivity index (χ2v) is 5.82. The van der Waals surface area contributed by atoms with Gasteiger partial charge < -0.3 is 10.6 Å². The van der Waals surface area contributed by atoms with Crippen LogP contribution >= 0.6 is 12.2 Å². The van der Waals surface area contributed by atoms with E-state index in [1.165, 1.54) is 0 Å². The van der Waals surface area contributed by atoms with Crippen molar-refractivity contribution in [3.63, 3.8) is 0 Å². The van der Waals surface area contributed by atoms with Crippen molar-refractivity contribution < 1.29 is 9.59 Å². The van der Waals surface area contributed by atoms with Gasteiger partial charge in [-0.3, -0.25) is 14.9 Å². The molecule has 1 aliphatic rings. The summed E-state index contributed by atoms with van der Waals surface area (Å²) in [5, 5.41) is 8.43. The lowest BCUT2D eigenvalue weighted by molar-refractivity contribution is -0.115. The van der Waals surface area contributed by atoms with Crippen LogP contribution < -0.4 is 16.0 Å². The molecule has 1 saturated heterocycles. The predicted octanol–water partition coefficient (Wildman–Crippen LogP) is 2.59. The van der Waals surface area contributed by atoms with Gasteiger partial charge in [0.2, 0.25) is 0 Å². The summed E-state index contributed by atoms with van der Waals surface area (Å²) in [5.74, 6) is -0.452. The Hall–Kier alpha value is -2.99. The molecule has 0 aromatic heterocycles. The summed E-state index contributed by atoms with van der Waals surface area (Å²) in [6.07, 6.45) is 1.68. The number of thiocarbonyl (C=S) groups is 1. The molecule has 0 saturated carbocycles. The molecule has 0 spiro atoms. The number of hydrogen-bond acceptors (Lipinski definition) is 3. The minimum Gasteiger partial charge on any atom is -0.328 e. The molecule has 1 aliphatic heterocycles. The van der Waals surface area contributed by atoms with Crippen molar-refractivity contribution in [1.82, 2.24) is 10.6 Å². The fraction of sp³-hybridized carbons (Fsp3) is 0.0556. The second kappa shape index (κ2) is 6.64. The van der Waals surface area contributed by atoms with Crippen LogP contribution in [0.3, 0.4) is 0 Å². The van der Waals surface area contributed by atoms with Gasteiger partial charge in [-0.05, 0) is 55.0 Å². The van der Waals surface area contributed by atoms with Crippen LogP contribution in [0.25, 0.3) is 6.08 Å². The zero-order valence-corrected chi connectivity index (χ0v) is 13.7. The number of carbonyl (C=O) groups excluding carboxylic acids is 2. The first-order valence-corrected chi connectivity index (χ1v) is 7.74. The van der Waals surface area contributed by atoms with Crippen LogP contribution in [0, 0.1) is 6.92 Å². The van der Waals surface area contributed by atoms with Crippen molar-refractivity contribution in [2.24, 2.45) is 0 Å². The summed E-state index contributed by atoms with van der Waals surface area (Å²) in [7, 11) is 0. The van der Waals surface area contributed by atoms with Crippen LogP contribution in [0.4, 0.5) is 5.69 Å². The summed E-state index contributed by atoms with van der Waals surface area (Å²) >= 11 is 4.89. The normalized spacial score (nSPS) is 15.1. The molecular weight excluding hydrogens is 322 g/mol. The zero-order chi connectivity index (χ0) is 17.1. The molecule has 120 valence electrons. The molecule has 2 aromatic carbocycles. The molecule has 0 radical (unpaired) electrons. The maximum Gasteiger partial charge on any atom is 0.273 e. The van der Waals surface area contributed by atoms with E-state index in [2.05, 4.69) is 16.0 Å². The van der Waals surface area contributed by atoms with E-state index in [-0.39, 0.29) is 16.9 Å². The van der Waals surface area contributed by atoms with Crippen LogP contribution in [-0.2, 0) is 4.79 Å². The van der Waals surface area contributed by atoms with Crippen LogP contribution in [0.15, 0.2) is 54.2 Å². The van der Waals surface area contributed by atoms with Crippen molar-refractivity contribution in [3.05, 3.63) is 70.9 Å². The number of anilines is 1. The molecule has 0 bridgehead atoms. The first kappa shape index (κ1) is 15.9. The Morgan fingerprint density at radius 3 is 2.54 bits per heavy atom. The maximum atomic E-state index is 12.3. The number of rotatable bonds is 3. The summed E-state index contributed by atoms with van der Waals surface area (Å²) in [6, 6.07) is 14.6. The molecule has 3 rings (SSSR count). The number of aryl methyl sites for hydroxylation is 1. The van der Waals surface area contributed by atoms with E-state index in [0.717, 1.165) is 11.1 Å². The predicted molar refractivity (Wildman–Crippen MR) is 97.4 cm³/mol. The Kier molecular flexibility index (Phi) is 4.39. The molecule has 1 fully saturated rings. The first-order valence-electron chi connectivity index (χ1n) is 7.33. The van der Waals surface area contributed by atoms with Crippen molar-refractivity contribution in [2.75, 3.05) is 5.32 Å². The molecule has 5 nitrogen and oxygen atoms in total. The molecule has 0 atom stereocenters. The zero-order valence-electron chi connectivity index (χ0n) is 12.9. The van der Waals surface area contributed by atoms with Gasteiger partial charge in [-0.1, -0.05) is 29.8 Å². The van der Waals surface area contributed by atoms with Gasteiger partial charge in [0.25, 0.3) is 11.8 Å². The minimum atomic E-state index is -0.269. The highest BCUT2D eigenvalue weighted by molar-refractivity contribution is 7.80. The van der Waals surface area contributed by atoms with Crippen LogP contribution in [0.5, 0.6) is 0 Å². The molecule has 6 heteroatoms. The van der Waals surface area contributed by atoms with Gasteiger partial charge in [0.1, 0.15) is 5.70 Å². The summed E-state index contributed by atoms with van der Waals surface area (Å²) in [6.45, 7) is 1.97. The lowest BCUT2D eigenvalue weighted by atomic mass is 10.1. The molecular formula is C18H15N3O2S. The topological polar surface area (TPSA) is 70.2 Å². The van der Waals surface area contributed by atoms with Gasteiger partial charge in [-0.2, -0.15) is 0 Å². The third-order valence-electron chi connectivity index (χ3n) is 3.49. The average Bonchev–Trinajstić information content (AvgIpc) is 2.86. The molecule has 0 unspecified atom stereocenters. The third kappa shape index (κ3) is 3.67. The van der Waals surface area contributed by atoms with Crippen molar-refractivity contribution in [3.8, 4) is 0 Å². The molecule has 2 aromatic rings. The fourth-order valence-electron chi connectivity index (χ4n) is 2.26. The smallest absolute Gasteiger partial charge is 0.273 e. The summed E-state index contributed by atoms with van der Waals surface area (Å²) in [5.41, 5.74) is 3.49. The van der Waals surface area contributed by atoms with E-state index in [1.54, 1.807) is 30.3 Å². The van der Waals surface area contributed by atoms with E-state index in [0.29, 0.717) is 16.9 Å². The quantitative estimate of drug-likeness (QED) is 0.595. The van der Waals surface area contributed by atoms with Crippen molar-refractivity contribution >= 4 is 40.9 Å². The molecule has 0 aliphatic carbocycles. The Labute approximate surface area is 144 Å². The monoisotopic (exact) mass is 337 g/mol. The Morgan fingerprint density at radius 2 is 1.88 bits per heavy atom. The second-order valence-electron chi connectivity index (χ2n) is 5.41. The van der Waals surface area contributed by atoms with Crippen LogP contribution in [0.1, 0.15) is 21.5 Å². The lowest BCUT2D eigenvalue weighted by Gasteiger charge is -2.07. The Balaban J connectivity index is 1.77. The number of benzene rings is 2. The van der Waals surface area contributed by atoms with Gasteiger partial charge in [0.05, 0.1) is 0 Å². The fourth-order valence-corrected chi connectivity index (χ4v) is 2.47. The Morgan fingerprint density at radius 1 is 1.12 bits per heavy atom. The maximum absolute atomic E-state index is 12.3. The third-order valence-corrected chi connectivity index (χ3v) is 3.69. The standard InChI is InChI=1S/C18H15N3O2S/c1-11-5-7-13(8-6-11)16(22)19-14-4-2-3-12(9-14)10-15-17(23)21-18(24)20-15/h2-10H,1H3,(H,19,22)(H2,20,21,23,24)/b15-10+. The molecule has 1 heterocycles. The first-order chi connectivity index (χ1) is 11.5. The summed E-state index contributed by atoms with van der Waals surface area (Å²) in [4.78, 5) is 23.9. The van der Waals surface area contributed by atoms with E-state index in [4.69, 9.17) is 12.2 Å². The van der Waals surface area contributed by atoms with E-state index >= 15 is 0 Å². The highest BCUT2D eigenvalue weighted by Gasteiger charge is 2.19. The van der Waals surface area contributed by atoms with E-state index < -0.39 is 0 Å². The van der Waals surface area contributed by atoms with Gasteiger partial charge in [-0.15, -0.1) is 0 Å². The molecule has 24 heavy (non-hydrogen) atoms. The lowest BCUT2D eigenvalue weighted by Crippen LogP contribution is -2.21. The van der Waals surface area contributed by atoms with Gasteiger partial charge in [0.15, 0.2) is 5.11 Å². The van der Waals surface area contributed by atoms with Crippen LogP contribution in [0.2, 0.25) is 0 Å². The number of carbonyl (C=O) groups is 2. The highest BCUT2D eigenvalue weighted by atomic mass is 32.1. The number of nitrogens with one attached hydrogen (secondary N) is 3.